The maximum atomic E-state index is 13.8. The van der Waals surface area contributed by atoms with Gasteiger partial charge >= 0.3 is 6.09 Å². The number of hydrogen-bond acceptors (Lipinski definition) is 3. The van der Waals surface area contributed by atoms with Crippen LogP contribution in [0.15, 0.2) is 42.5 Å². The molecule has 0 saturated carbocycles. The van der Waals surface area contributed by atoms with Crippen molar-refractivity contribution in [3.05, 3.63) is 53.8 Å². The van der Waals surface area contributed by atoms with Crippen molar-refractivity contribution in [3.63, 3.8) is 0 Å². The summed E-state index contributed by atoms with van der Waals surface area (Å²) in [6.45, 7) is 3.65. The predicted molar refractivity (Wildman–Crippen MR) is 97.4 cm³/mol. The van der Waals surface area contributed by atoms with E-state index in [0.29, 0.717) is 11.3 Å². The second-order valence-corrected chi connectivity index (χ2v) is 6.65. The molecule has 2 aromatic rings. The number of halogens is 1. The first-order valence-electron chi connectivity index (χ1n) is 8.43. The molecule has 1 fully saturated rings. The van der Waals surface area contributed by atoms with E-state index in [9.17, 15) is 9.18 Å². The monoisotopic (exact) mass is 342 g/mol. The molecule has 0 aromatic heterocycles. The van der Waals surface area contributed by atoms with Gasteiger partial charge in [0.2, 0.25) is 0 Å². The average molecular weight is 342 g/mol. The van der Waals surface area contributed by atoms with Crippen molar-refractivity contribution in [3.8, 4) is 11.1 Å². The van der Waals surface area contributed by atoms with Crippen LogP contribution in [-0.4, -0.2) is 44.3 Å². The zero-order chi connectivity index (χ0) is 18.0. The first-order valence-corrected chi connectivity index (χ1v) is 8.43. The third kappa shape index (κ3) is 3.99. The Hall–Kier alpha value is -2.40. The lowest BCUT2D eigenvalue weighted by Crippen LogP contribution is -2.32. The summed E-state index contributed by atoms with van der Waals surface area (Å²) in [4.78, 5) is 16.1. The fourth-order valence-corrected chi connectivity index (χ4v) is 3.16. The minimum atomic E-state index is -0.416. The van der Waals surface area contributed by atoms with Gasteiger partial charge in [-0.25, -0.2) is 9.18 Å². The van der Waals surface area contributed by atoms with Crippen molar-refractivity contribution in [2.24, 2.45) is 0 Å². The molecule has 0 aliphatic carbocycles. The molecule has 5 heteroatoms. The number of amides is 1. The number of nitrogens with zero attached hydrogens (tertiary/aromatic N) is 2. The highest BCUT2D eigenvalue weighted by Gasteiger charge is 2.26. The van der Waals surface area contributed by atoms with Crippen molar-refractivity contribution in [2.45, 2.75) is 19.4 Å². The molecule has 25 heavy (non-hydrogen) atoms. The summed E-state index contributed by atoms with van der Waals surface area (Å²) in [6.07, 6.45) is 0.327. The topological polar surface area (TPSA) is 32.8 Å². The highest BCUT2D eigenvalue weighted by molar-refractivity contribution is 5.93. The third-order valence-corrected chi connectivity index (χ3v) is 4.54. The molecule has 1 heterocycles. The van der Waals surface area contributed by atoms with Gasteiger partial charge in [0.25, 0.3) is 0 Å². The first kappa shape index (κ1) is 17.4. The fraction of sp³-hybridized carbons (Fsp3) is 0.350. The van der Waals surface area contributed by atoms with Crippen LogP contribution in [0.25, 0.3) is 11.1 Å². The maximum Gasteiger partial charge on any atom is 0.414 e. The second kappa shape index (κ2) is 7.23. The molecule has 132 valence electrons. The molecule has 1 saturated heterocycles. The van der Waals surface area contributed by atoms with Gasteiger partial charge in [0.15, 0.2) is 0 Å². The van der Waals surface area contributed by atoms with Gasteiger partial charge in [-0.05, 0) is 44.2 Å². The Morgan fingerprint density at radius 1 is 1.28 bits per heavy atom. The number of likely N-dealkylation sites (tertiary alicyclic amines) is 1. The number of ether oxygens (including phenoxy) is 1. The standard InChI is InChI=1S/C20H23FN2O2/c1-14-5-4-6-15(11-14)18-12-16(21)7-8-19(18)23(3)20(24)25-17-9-10-22(2)13-17/h4-8,11-12,17H,9-10,13H2,1-3H3/t17-/m1/s1. The molecule has 0 radical (unpaired) electrons. The van der Waals surface area contributed by atoms with E-state index in [2.05, 4.69) is 4.90 Å². The number of hydrogen-bond donors (Lipinski definition) is 0. The Balaban J connectivity index is 1.87. The Labute approximate surface area is 147 Å². The molecule has 0 N–H and O–H groups in total. The number of carbonyl (C=O) groups is 1. The highest BCUT2D eigenvalue weighted by atomic mass is 19.1. The smallest absolute Gasteiger partial charge is 0.414 e. The van der Waals surface area contributed by atoms with Gasteiger partial charge in [0, 0.05) is 25.7 Å². The molecule has 1 aliphatic heterocycles. The Morgan fingerprint density at radius 2 is 2.08 bits per heavy atom. The lowest BCUT2D eigenvalue weighted by Gasteiger charge is -2.23. The van der Waals surface area contributed by atoms with Crippen LogP contribution in [0.2, 0.25) is 0 Å². The molecule has 0 unspecified atom stereocenters. The number of aryl methyl sites for hydroxylation is 1. The first-order chi connectivity index (χ1) is 11.9. The van der Waals surface area contributed by atoms with Gasteiger partial charge in [-0.15, -0.1) is 0 Å². The summed E-state index contributed by atoms with van der Waals surface area (Å²) in [6, 6.07) is 12.2. The summed E-state index contributed by atoms with van der Waals surface area (Å²) >= 11 is 0. The SMILES string of the molecule is Cc1cccc(-c2cc(F)ccc2N(C)C(=O)O[C@@H]2CCN(C)C2)c1. The quantitative estimate of drug-likeness (QED) is 0.843. The van der Waals surface area contributed by atoms with Crippen LogP contribution in [0, 0.1) is 12.7 Å². The summed E-state index contributed by atoms with van der Waals surface area (Å²) in [7, 11) is 3.67. The zero-order valence-corrected chi connectivity index (χ0v) is 14.8. The molecule has 0 spiro atoms. The lowest BCUT2D eigenvalue weighted by atomic mass is 10.0. The Bertz CT molecular complexity index is 778. The zero-order valence-electron chi connectivity index (χ0n) is 14.8. The number of likely N-dealkylation sites (N-methyl/N-ethyl adjacent to an activating group) is 1. The fourth-order valence-electron chi connectivity index (χ4n) is 3.16. The van der Waals surface area contributed by atoms with E-state index in [0.717, 1.165) is 30.6 Å². The molecular weight excluding hydrogens is 319 g/mol. The third-order valence-electron chi connectivity index (χ3n) is 4.54. The summed E-state index contributed by atoms with van der Waals surface area (Å²) in [5.41, 5.74) is 3.25. The van der Waals surface area contributed by atoms with E-state index in [1.807, 2.05) is 38.2 Å². The number of rotatable bonds is 3. The Morgan fingerprint density at radius 3 is 2.76 bits per heavy atom. The minimum absolute atomic E-state index is 0.0946. The average Bonchev–Trinajstić information content (AvgIpc) is 2.99. The molecule has 1 amide bonds. The van der Waals surface area contributed by atoms with Crippen LogP contribution in [0.4, 0.5) is 14.9 Å². The van der Waals surface area contributed by atoms with Gasteiger partial charge in [-0.2, -0.15) is 0 Å². The molecule has 0 bridgehead atoms. The van der Waals surface area contributed by atoms with Crippen molar-refractivity contribution in [2.75, 3.05) is 32.1 Å². The molecule has 4 nitrogen and oxygen atoms in total. The van der Waals surface area contributed by atoms with Crippen molar-refractivity contribution < 1.29 is 13.9 Å². The number of benzene rings is 2. The van der Waals surface area contributed by atoms with E-state index in [1.54, 1.807) is 13.1 Å². The van der Waals surface area contributed by atoms with E-state index < -0.39 is 6.09 Å². The molecule has 1 aliphatic rings. The highest BCUT2D eigenvalue weighted by Crippen LogP contribution is 2.32. The Kier molecular flexibility index (Phi) is 5.04. The normalized spacial score (nSPS) is 17.5. The van der Waals surface area contributed by atoms with Crippen LogP contribution in [0.5, 0.6) is 0 Å². The lowest BCUT2D eigenvalue weighted by molar-refractivity contribution is 0.110. The molecule has 3 rings (SSSR count). The van der Waals surface area contributed by atoms with E-state index in [4.69, 9.17) is 4.74 Å². The van der Waals surface area contributed by atoms with E-state index in [-0.39, 0.29) is 11.9 Å². The van der Waals surface area contributed by atoms with Gasteiger partial charge in [0.1, 0.15) is 11.9 Å². The van der Waals surface area contributed by atoms with E-state index in [1.165, 1.54) is 17.0 Å². The van der Waals surface area contributed by atoms with E-state index >= 15 is 0 Å². The largest absolute Gasteiger partial charge is 0.444 e. The minimum Gasteiger partial charge on any atom is -0.444 e. The van der Waals surface area contributed by atoms with Gasteiger partial charge in [-0.1, -0.05) is 29.8 Å². The second-order valence-electron chi connectivity index (χ2n) is 6.65. The summed E-state index contributed by atoms with van der Waals surface area (Å²) in [5.74, 6) is -0.334. The van der Waals surface area contributed by atoms with Crippen molar-refractivity contribution >= 4 is 11.8 Å². The van der Waals surface area contributed by atoms with Gasteiger partial charge in [0.05, 0.1) is 5.69 Å². The number of carbonyl (C=O) groups excluding carboxylic acids is 1. The van der Waals surface area contributed by atoms with Gasteiger partial charge < -0.3 is 9.64 Å². The predicted octanol–water partition coefficient (Wildman–Crippen LogP) is 4.08. The summed E-state index contributed by atoms with van der Waals surface area (Å²) < 4.78 is 19.4. The molecule has 2 aromatic carbocycles. The molecular formula is C20H23FN2O2. The molecule has 1 atom stereocenters. The van der Waals surface area contributed by atoms with Crippen LogP contribution >= 0.6 is 0 Å². The van der Waals surface area contributed by atoms with Crippen LogP contribution in [-0.2, 0) is 4.74 Å². The van der Waals surface area contributed by atoms with Crippen LogP contribution in [0.1, 0.15) is 12.0 Å². The van der Waals surface area contributed by atoms with Crippen LogP contribution in [0.3, 0.4) is 0 Å². The number of anilines is 1. The van der Waals surface area contributed by atoms with Crippen molar-refractivity contribution in [1.29, 1.82) is 0 Å². The summed E-state index contributed by atoms with van der Waals surface area (Å²) in [5, 5.41) is 0. The van der Waals surface area contributed by atoms with Crippen molar-refractivity contribution in [1.82, 2.24) is 4.90 Å². The van der Waals surface area contributed by atoms with Gasteiger partial charge in [-0.3, -0.25) is 4.90 Å². The van der Waals surface area contributed by atoms with Crippen LogP contribution < -0.4 is 4.90 Å². The maximum absolute atomic E-state index is 13.8.